The summed E-state index contributed by atoms with van der Waals surface area (Å²) in [5, 5.41) is 2.63. The molecule has 1 aromatic rings. The molecule has 0 fully saturated rings. The van der Waals surface area contributed by atoms with Crippen molar-refractivity contribution in [3.63, 3.8) is 0 Å². The van der Waals surface area contributed by atoms with Gasteiger partial charge in [0.2, 0.25) is 0 Å². The van der Waals surface area contributed by atoms with Gasteiger partial charge >= 0.3 is 12.1 Å². The van der Waals surface area contributed by atoms with Gasteiger partial charge < -0.3 is 15.2 Å². The summed E-state index contributed by atoms with van der Waals surface area (Å²) < 4.78 is 9.72. The minimum Gasteiger partial charge on any atom is -0.468 e. The van der Waals surface area contributed by atoms with E-state index in [9.17, 15) is 9.59 Å². The fourth-order valence-corrected chi connectivity index (χ4v) is 1.63. The predicted octanol–water partition coefficient (Wildman–Crippen LogP) is 2.08. The van der Waals surface area contributed by atoms with Crippen LogP contribution < -0.4 is 11.1 Å². The van der Waals surface area contributed by atoms with Crippen LogP contribution in [0.25, 0.3) is 0 Å². The van der Waals surface area contributed by atoms with Crippen LogP contribution in [0.15, 0.2) is 24.3 Å². The number of hydrogen-bond acceptors (Lipinski definition) is 5. The summed E-state index contributed by atoms with van der Waals surface area (Å²) in [5.41, 5.74) is 6.63. The van der Waals surface area contributed by atoms with Gasteiger partial charge in [-0.15, -0.1) is 0 Å². The number of rotatable bonds is 4. The van der Waals surface area contributed by atoms with E-state index in [1.54, 1.807) is 45.0 Å². The zero-order valence-electron chi connectivity index (χ0n) is 12.8. The molecule has 1 unspecified atom stereocenters. The van der Waals surface area contributed by atoms with Crippen molar-refractivity contribution in [1.29, 1.82) is 0 Å². The van der Waals surface area contributed by atoms with E-state index in [2.05, 4.69) is 10.1 Å². The molecule has 0 saturated heterocycles. The standard InChI is InChI=1S/C15H22N2O4/c1-15(2,3)21-14(19)17-11-7-5-10(6-8-11)9-12(16)13(18)20-4/h5-8,12H,9,16H2,1-4H3,(H,17,19). The van der Waals surface area contributed by atoms with Gasteiger partial charge in [-0.25, -0.2) is 4.79 Å². The maximum Gasteiger partial charge on any atom is 0.412 e. The lowest BCUT2D eigenvalue weighted by Crippen LogP contribution is -2.33. The Bertz CT molecular complexity index is 491. The van der Waals surface area contributed by atoms with Gasteiger partial charge in [0, 0.05) is 5.69 Å². The normalized spacial score (nSPS) is 12.4. The molecule has 0 aromatic heterocycles. The Kier molecular flexibility index (Phi) is 5.72. The number of hydrogen-bond donors (Lipinski definition) is 2. The maximum absolute atomic E-state index is 11.6. The molecule has 21 heavy (non-hydrogen) atoms. The predicted molar refractivity (Wildman–Crippen MR) is 80.0 cm³/mol. The van der Waals surface area contributed by atoms with E-state index in [0.29, 0.717) is 12.1 Å². The second-order valence-electron chi connectivity index (χ2n) is 5.66. The molecule has 1 amide bonds. The number of esters is 1. The molecule has 0 bridgehead atoms. The summed E-state index contributed by atoms with van der Waals surface area (Å²) in [6.07, 6.45) is -0.138. The Labute approximate surface area is 124 Å². The number of anilines is 1. The molecule has 1 atom stereocenters. The highest BCUT2D eigenvalue weighted by Crippen LogP contribution is 2.13. The number of nitrogens with two attached hydrogens (primary N) is 1. The van der Waals surface area contributed by atoms with Gasteiger partial charge in [0.1, 0.15) is 11.6 Å². The van der Waals surface area contributed by atoms with Crippen LogP contribution in [0.3, 0.4) is 0 Å². The fraction of sp³-hybridized carbons (Fsp3) is 0.467. The van der Waals surface area contributed by atoms with Crippen LogP contribution in [0.1, 0.15) is 26.3 Å². The Morgan fingerprint density at radius 2 is 1.81 bits per heavy atom. The molecule has 3 N–H and O–H groups in total. The van der Waals surface area contributed by atoms with Crippen molar-refractivity contribution in [1.82, 2.24) is 0 Å². The number of methoxy groups -OCH3 is 1. The van der Waals surface area contributed by atoms with Crippen LogP contribution in [0.2, 0.25) is 0 Å². The first kappa shape index (κ1) is 17.0. The van der Waals surface area contributed by atoms with Gasteiger partial charge in [-0.1, -0.05) is 12.1 Å². The zero-order valence-corrected chi connectivity index (χ0v) is 12.8. The van der Waals surface area contributed by atoms with Crippen molar-refractivity contribution in [2.75, 3.05) is 12.4 Å². The number of carbonyl (C=O) groups is 2. The van der Waals surface area contributed by atoms with Crippen molar-refractivity contribution in [3.05, 3.63) is 29.8 Å². The molecule has 1 rings (SSSR count). The number of ether oxygens (including phenoxy) is 2. The molecule has 0 spiro atoms. The van der Waals surface area contributed by atoms with Gasteiger partial charge in [0.15, 0.2) is 0 Å². The number of carbonyl (C=O) groups excluding carboxylic acids is 2. The van der Waals surface area contributed by atoms with Crippen molar-refractivity contribution < 1.29 is 19.1 Å². The van der Waals surface area contributed by atoms with Gasteiger partial charge in [0.25, 0.3) is 0 Å². The molecule has 0 aliphatic heterocycles. The van der Waals surface area contributed by atoms with Crippen LogP contribution in [-0.4, -0.2) is 30.8 Å². The largest absolute Gasteiger partial charge is 0.468 e. The molecule has 6 heteroatoms. The minimum atomic E-state index is -0.695. The molecule has 0 saturated carbocycles. The molecular formula is C15H22N2O4. The Hall–Kier alpha value is -2.08. The van der Waals surface area contributed by atoms with Crippen molar-refractivity contribution in [3.8, 4) is 0 Å². The quantitative estimate of drug-likeness (QED) is 0.830. The summed E-state index contributed by atoms with van der Waals surface area (Å²) in [6, 6.07) is 6.33. The average Bonchev–Trinajstić information content (AvgIpc) is 2.37. The lowest BCUT2D eigenvalue weighted by atomic mass is 10.1. The van der Waals surface area contributed by atoms with Crippen molar-refractivity contribution in [2.45, 2.75) is 38.8 Å². The highest BCUT2D eigenvalue weighted by molar-refractivity contribution is 5.84. The third-order valence-electron chi connectivity index (χ3n) is 2.56. The Balaban J connectivity index is 2.58. The summed E-state index contributed by atoms with van der Waals surface area (Å²) in [6.45, 7) is 5.39. The average molecular weight is 294 g/mol. The van der Waals surface area contributed by atoms with E-state index in [1.807, 2.05) is 0 Å². The van der Waals surface area contributed by atoms with Crippen LogP contribution >= 0.6 is 0 Å². The van der Waals surface area contributed by atoms with Gasteiger partial charge in [-0.2, -0.15) is 0 Å². The molecule has 0 aliphatic rings. The first-order chi connectivity index (χ1) is 9.71. The van der Waals surface area contributed by atoms with Crippen LogP contribution in [-0.2, 0) is 20.7 Å². The summed E-state index contributed by atoms with van der Waals surface area (Å²) >= 11 is 0. The number of nitrogens with one attached hydrogen (secondary N) is 1. The molecule has 0 aliphatic carbocycles. The number of benzene rings is 1. The Morgan fingerprint density at radius 3 is 2.29 bits per heavy atom. The molecule has 0 radical (unpaired) electrons. The Morgan fingerprint density at radius 1 is 1.24 bits per heavy atom. The van der Waals surface area contributed by atoms with Gasteiger partial charge in [-0.3, -0.25) is 10.1 Å². The number of amides is 1. The highest BCUT2D eigenvalue weighted by Gasteiger charge is 2.17. The minimum absolute atomic E-state index is 0.374. The van der Waals surface area contributed by atoms with Crippen LogP contribution in [0, 0.1) is 0 Å². The lowest BCUT2D eigenvalue weighted by Gasteiger charge is -2.19. The molecular weight excluding hydrogens is 272 g/mol. The molecule has 0 heterocycles. The van der Waals surface area contributed by atoms with E-state index >= 15 is 0 Å². The SMILES string of the molecule is COC(=O)C(N)Cc1ccc(NC(=O)OC(C)(C)C)cc1. The summed E-state index contributed by atoms with van der Waals surface area (Å²) in [4.78, 5) is 22.8. The van der Waals surface area contributed by atoms with Gasteiger partial charge in [-0.05, 0) is 44.9 Å². The highest BCUT2D eigenvalue weighted by atomic mass is 16.6. The fourth-order valence-electron chi connectivity index (χ4n) is 1.63. The lowest BCUT2D eigenvalue weighted by molar-refractivity contribution is -0.142. The second-order valence-corrected chi connectivity index (χ2v) is 5.66. The van der Waals surface area contributed by atoms with Crippen LogP contribution in [0.4, 0.5) is 10.5 Å². The summed E-state index contributed by atoms with van der Waals surface area (Å²) in [7, 11) is 1.30. The van der Waals surface area contributed by atoms with E-state index < -0.39 is 23.7 Å². The van der Waals surface area contributed by atoms with Gasteiger partial charge in [0.05, 0.1) is 7.11 Å². The van der Waals surface area contributed by atoms with E-state index in [1.165, 1.54) is 7.11 Å². The first-order valence-corrected chi connectivity index (χ1v) is 6.63. The second kappa shape index (κ2) is 7.08. The van der Waals surface area contributed by atoms with Crippen molar-refractivity contribution in [2.24, 2.45) is 5.73 Å². The van der Waals surface area contributed by atoms with E-state index in [0.717, 1.165) is 5.56 Å². The van der Waals surface area contributed by atoms with Crippen LogP contribution in [0.5, 0.6) is 0 Å². The topological polar surface area (TPSA) is 90.6 Å². The third kappa shape index (κ3) is 6.27. The molecule has 6 nitrogen and oxygen atoms in total. The smallest absolute Gasteiger partial charge is 0.412 e. The molecule has 116 valence electrons. The van der Waals surface area contributed by atoms with Crippen molar-refractivity contribution >= 4 is 17.7 Å². The first-order valence-electron chi connectivity index (χ1n) is 6.63. The van der Waals surface area contributed by atoms with E-state index in [4.69, 9.17) is 10.5 Å². The monoisotopic (exact) mass is 294 g/mol. The van der Waals surface area contributed by atoms with E-state index in [-0.39, 0.29) is 0 Å². The zero-order chi connectivity index (χ0) is 16.0. The summed E-state index contributed by atoms with van der Waals surface area (Å²) in [5.74, 6) is -0.453. The third-order valence-corrected chi connectivity index (χ3v) is 2.56. The molecule has 1 aromatic carbocycles. The maximum atomic E-state index is 11.6.